The Kier molecular flexibility index (Phi) is 7.39. The summed E-state index contributed by atoms with van der Waals surface area (Å²) in [6.07, 6.45) is 7.53. The van der Waals surface area contributed by atoms with Crippen LogP contribution in [-0.4, -0.2) is 53.3 Å². The smallest absolute Gasteiger partial charge is 0.222 e. The van der Waals surface area contributed by atoms with Crippen molar-refractivity contribution in [2.24, 2.45) is 0 Å². The van der Waals surface area contributed by atoms with Crippen molar-refractivity contribution >= 4 is 5.91 Å². The van der Waals surface area contributed by atoms with Crippen LogP contribution in [0.5, 0.6) is 0 Å². The van der Waals surface area contributed by atoms with E-state index in [9.17, 15) is 4.79 Å². The van der Waals surface area contributed by atoms with Gasteiger partial charge in [0, 0.05) is 45.1 Å². The van der Waals surface area contributed by atoms with Crippen LogP contribution in [-0.2, 0) is 27.4 Å². The Morgan fingerprint density at radius 1 is 1.32 bits per heavy atom. The lowest BCUT2D eigenvalue weighted by molar-refractivity contribution is -0.135. The number of morpholine rings is 1. The van der Waals surface area contributed by atoms with Gasteiger partial charge in [0.05, 0.1) is 13.2 Å². The van der Waals surface area contributed by atoms with E-state index in [0.29, 0.717) is 32.8 Å². The molecule has 2 rings (SSSR count). The number of carbonyl (C=O) groups is 1. The van der Waals surface area contributed by atoms with E-state index < -0.39 is 0 Å². The van der Waals surface area contributed by atoms with Gasteiger partial charge in [0.25, 0.3) is 0 Å². The van der Waals surface area contributed by atoms with Gasteiger partial charge in [0.2, 0.25) is 5.91 Å². The Morgan fingerprint density at radius 3 is 2.91 bits per heavy atom. The number of rotatable bonds is 9. The second kappa shape index (κ2) is 9.58. The van der Waals surface area contributed by atoms with Crippen molar-refractivity contribution in [2.75, 3.05) is 32.9 Å². The van der Waals surface area contributed by atoms with E-state index in [4.69, 9.17) is 9.47 Å². The fourth-order valence-electron chi connectivity index (χ4n) is 2.58. The summed E-state index contributed by atoms with van der Waals surface area (Å²) in [5, 5.41) is 0. The molecule has 0 N–H and O–H groups in total. The highest BCUT2D eigenvalue weighted by molar-refractivity contribution is 5.76. The number of aromatic nitrogens is 2. The maximum Gasteiger partial charge on any atom is 0.222 e. The van der Waals surface area contributed by atoms with Crippen LogP contribution in [0, 0.1) is 0 Å². The largest absolute Gasteiger partial charge is 0.378 e. The Morgan fingerprint density at radius 2 is 2.14 bits per heavy atom. The molecule has 1 aliphatic rings. The fourth-order valence-corrected chi connectivity index (χ4v) is 2.58. The first-order valence-corrected chi connectivity index (χ1v) is 8.24. The second-order valence-electron chi connectivity index (χ2n) is 5.48. The van der Waals surface area contributed by atoms with Crippen LogP contribution in [0.1, 0.15) is 38.4 Å². The third-order valence-electron chi connectivity index (χ3n) is 3.89. The van der Waals surface area contributed by atoms with E-state index >= 15 is 0 Å². The monoisotopic (exact) mass is 309 g/mol. The molecule has 1 fully saturated rings. The molecule has 0 bridgehead atoms. The zero-order valence-electron chi connectivity index (χ0n) is 13.5. The highest BCUT2D eigenvalue weighted by Crippen LogP contribution is 2.08. The van der Waals surface area contributed by atoms with Crippen LogP contribution in [0.2, 0.25) is 0 Å². The minimum Gasteiger partial charge on any atom is -0.378 e. The summed E-state index contributed by atoms with van der Waals surface area (Å²) in [5.41, 5.74) is 0. The molecule has 1 aromatic rings. The third kappa shape index (κ3) is 5.42. The molecule has 0 saturated carbocycles. The lowest BCUT2D eigenvalue weighted by Crippen LogP contribution is -2.40. The first-order chi connectivity index (χ1) is 10.8. The van der Waals surface area contributed by atoms with Crippen molar-refractivity contribution in [1.82, 2.24) is 14.5 Å². The van der Waals surface area contributed by atoms with Gasteiger partial charge in [-0.3, -0.25) is 4.79 Å². The Hall–Kier alpha value is -1.40. The van der Waals surface area contributed by atoms with Crippen molar-refractivity contribution in [3.63, 3.8) is 0 Å². The molecule has 124 valence electrons. The lowest BCUT2D eigenvalue weighted by atomic mass is 10.1. The molecule has 0 radical (unpaired) electrons. The average Bonchev–Trinajstić information content (AvgIpc) is 3.00. The topological polar surface area (TPSA) is 56.6 Å². The highest BCUT2D eigenvalue weighted by atomic mass is 16.5. The van der Waals surface area contributed by atoms with E-state index in [1.807, 2.05) is 24.2 Å². The maximum absolute atomic E-state index is 12.0. The van der Waals surface area contributed by atoms with Crippen LogP contribution < -0.4 is 0 Å². The van der Waals surface area contributed by atoms with Gasteiger partial charge in [-0.1, -0.05) is 6.42 Å². The van der Waals surface area contributed by atoms with E-state index in [1.54, 1.807) is 0 Å². The lowest BCUT2D eigenvalue weighted by Gasteiger charge is -2.26. The van der Waals surface area contributed by atoms with Crippen LogP contribution >= 0.6 is 0 Å². The Labute approximate surface area is 132 Å². The number of carbonyl (C=O) groups excluding carboxylic acids is 1. The van der Waals surface area contributed by atoms with Gasteiger partial charge in [-0.15, -0.1) is 0 Å². The summed E-state index contributed by atoms with van der Waals surface area (Å²) >= 11 is 0. The number of unbranched alkanes of at least 4 members (excludes halogenated alkanes) is 2. The van der Waals surface area contributed by atoms with Gasteiger partial charge >= 0.3 is 0 Å². The van der Waals surface area contributed by atoms with E-state index in [1.165, 1.54) is 0 Å². The average molecular weight is 309 g/mol. The molecule has 1 aliphatic heterocycles. The maximum atomic E-state index is 12.0. The summed E-state index contributed by atoms with van der Waals surface area (Å²) in [7, 11) is 0. The van der Waals surface area contributed by atoms with E-state index in [2.05, 4.69) is 9.55 Å². The van der Waals surface area contributed by atoms with Crippen LogP contribution in [0.25, 0.3) is 0 Å². The number of aryl methyl sites for hydroxylation is 1. The first kappa shape index (κ1) is 17.0. The second-order valence-corrected chi connectivity index (χ2v) is 5.48. The minimum atomic E-state index is 0.267. The minimum absolute atomic E-state index is 0.267. The molecular formula is C16H27N3O3. The quantitative estimate of drug-likeness (QED) is 0.653. The number of ether oxygens (including phenoxy) is 2. The number of hydrogen-bond acceptors (Lipinski definition) is 4. The van der Waals surface area contributed by atoms with Crippen molar-refractivity contribution in [3.8, 4) is 0 Å². The number of hydrogen-bond donors (Lipinski definition) is 0. The van der Waals surface area contributed by atoms with Crippen LogP contribution in [0.3, 0.4) is 0 Å². The Bertz CT molecular complexity index is 442. The number of amides is 1. The highest BCUT2D eigenvalue weighted by Gasteiger charge is 2.15. The molecule has 1 amide bonds. The van der Waals surface area contributed by atoms with Crippen LogP contribution in [0.15, 0.2) is 12.4 Å². The predicted molar refractivity (Wildman–Crippen MR) is 83.4 cm³/mol. The molecule has 0 aliphatic carbocycles. The van der Waals surface area contributed by atoms with Gasteiger partial charge in [0.15, 0.2) is 0 Å². The van der Waals surface area contributed by atoms with Crippen molar-refractivity contribution < 1.29 is 14.3 Å². The first-order valence-electron chi connectivity index (χ1n) is 8.24. The van der Waals surface area contributed by atoms with Gasteiger partial charge in [-0.2, -0.15) is 0 Å². The molecular weight excluding hydrogens is 282 g/mol. The van der Waals surface area contributed by atoms with Gasteiger partial charge in [-0.25, -0.2) is 4.98 Å². The van der Waals surface area contributed by atoms with Crippen molar-refractivity contribution in [3.05, 3.63) is 18.2 Å². The van der Waals surface area contributed by atoms with Crippen molar-refractivity contribution in [1.29, 1.82) is 0 Å². The molecule has 2 heterocycles. The van der Waals surface area contributed by atoms with Gasteiger partial charge in [-0.05, 0) is 19.8 Å². The molecule has 0 unspecified atom stereocenters. The molecule has 6 heteroatoms. The fraction of sp³-hybridized carbons (Fsp3) is 0.750. The molecule has 0 aromatic carbocycles. The standard InChI is InChI=1S/C16H27N3O3/c1-2-21-14-15-17-7-9-18(15)8-5-3-4-6-16(20)19-10-12-22-13-11-19/h7,9H,2-6,8,10-14H2,1H3. The summed E-state index contributed by atoms with van der Waals surface area (Å²) in [6, 6.07) is 0. The SMILES string of the molecule is CCOCc1nccn1CCCCCC(=O)N1CCOCC1. The van der Waals surface area contributed by atoms with Gasteiger partial charge in [0.1, 0.15) is 12.4 Å². The van der Waals surface area contributed by atoms with Crippen molar-refractivity contribution in [2.45, 2.75) is 45.8 Å². The normalized spacial score (nSPS) is 15.2. The summed E-state index contributed by atoms with van der Waals surface area (Å²) in [4.78, 5) is 18.2. The van der Waals surface area contributed by atoms with E-state index in [-0.39, 0.29) is 5.91 Å². The molecule has 0 spiro atoms. The van der Waals surface area contributed by atoms with Gasteiger partial charge < -0.3 is 18.9 Å². The third-order valence-corrected chi connectivity index (χ3v) is 3.89. The zero-order valence-corrected chi connectivity index (χ0v) is 13.5. The summed E-state index contributed by atoms with van der Waals surface area (Å²) in [5.74, 6) is 1.24. The molecule has 1 aromatic heterocycles. The predicted octanol–water partition coefficient (Wildman–Crippen LogP) is 1.84. The van der Waals surface area contributed by atoms with E-state index in [0.717, 1.165) is 44.7 Å². The summed E-state index contributed by atoms with van der Waals surface area (Å²) in [6.45, 7) is 7.04. The molecule has 1 saturated heterocycles. The zero-order chi connectivity index (χ0) is 15.6. The van der Waals surface area contributed by atoms with Crippen LogP contribution in [0.4, 0.5) is 0 Å². The molecule has 6 nitrogen and oxygen atoms in total. The molecule has 0 atom stereocenters. The number of nitrogens with zero attached hydrogens (tertiary/aromatic N) is 3. The summed E-state index contributed by atoms with van der Waals surface area (Å²) < 4.78 is 12.8. The molecule has 22 heavy (non-hydrogen) atoms. The Balaban J connectivity index is 1.59. The number of imidazole rings is 1.